The first-order chi connectivity index (χ1) is 9.34. The molecule has 108 valence electrons. The highest BCUT2D eigenvalue weighted by molar-refractivity contribution is 7.88. The number of nitrogens with one attached hydrogen (secondary N) is 1. The van der Waals surface area contributed by atoms with Gasteiger partial charge in [-0.15, -0.1) is 0 Å². The average molecular weight is 296 g/mol. The molecule has 7 heteroatoms. The number of carboxylic acid groups (broad SMARTS) is 1. The molecule has 6 nitrogen and oxygen atoms in total. The predicted molar refractivity (Wildman–Crippen MR) is 73.2 cm³/mol. The van der Waals surface area contributed by atoms with E-state index in [1.807, 2.05) is 6.07 Å². The fourth-order valence-corrected chi connectivity index (χ4v) is 2.70. The minimum absolute atomic E-state index is 0.0771. The molecule has 1 unspecified atom stereocenters. The number of aliphatic carboxylic acids is 1. The second-order valence-corrected chi connectivity index (χ2v) is 6.30. The van der Waals surface area contributed by atoms with Gasteiger partial charge in [-0.2, -0.15) is 5.26 Å². The van der Waals surface area contributed by atoms with E-state index in [1.54, 1.807) is 18.2 Å². The Morgan fingerprint density at radius 1 is 1.50 bits per heavy atom. The second kappa shape index (κ2) is 7.03. The summed E-state index contributed by atoms with van der Waals surface area (Å²) in [5.74, 6) is -1.78. The minimum Gasteiger partial charge on any atom is -0.481 e. The van der Waals surface area contributed by atoms with Gasteiger partial charge in [-0.25, -0.2) is 13.1 Å². The molecule has 0 heterocycles. The molecule has 0 radical (unpaired) electrons. The predicted octanol–water partition coefficient (Wildman–Crippen LogP) is 1.09. The summed E-state index contributed by atoms with van der Waals surface area (Å²) in [4.78, 5) is 10.6. The third-order valence-electron chi connectivity index (χ3n) is 2.73. The fourth-order valence-electron chi connectivity index (χ4n) is 1.56. The topological polar surface area (TPSA) is 107 Å². The Balaban J connectivity index is 2.57. The third-order valence-corrected chi connectivity index (χ3v) is 4.09. The van der Waals surface area contributed by atoms with Crippen molar-refractivity contribution < 1.29 is 18.3 Å². The Morgan fingerprint density at radius 3 is 2.80 bits per heavy atom. The molecular weight excluding hydrogens is 280 g/mol. The van der Waals surface area contributed by atoms with Gasteiger partial charge in [0.25, 0.3) is 0 Å². The summed E-state index contributed by atoms with van der Waals surface area (Å²) in [6, 6.07) is 8.30. The van der Waals surface area contributed by atoms with Gasteiger partial charge in [0.05, 0.1) is 23.3 Å². The molecule has 1 aromatic carbocycles. The molecule has 1 atom stereocenters. The van der Waals surface area contributed by atoms with Crippen LogP contribution in [-0.4, -0.2) is 26.0 Å². The summed E-state index contributed by atoms with van der Waals surface area (Å²) in [6.07, 6.45) is 0.229. The summed E-state index contributed by atoms with van der Waals surface area (Å²) in [7, 11) is -3.53. The molecule has 0 saturated carbocycles. The van der Waals surface area contributed by atoms with Gasteiger partial charge in [-0.05, 0) is 24.1 Å². The van der Waals surface area contributed by atoms with Crippen molar-refractivity contribution in [1.82, 2.24) is 4.72 Å². The second-order valence-electron chi connectivity index (χ2n) is 4.49. The average Bonchev–Trinajstić information content (AvgIpc) is 2.37. The van der Waals surface area contributed by atoms with E-state index in [0.717, 1.165) is 0 Å². The van der Waals surface area contributed by atoms with Crippen LogP contribution in [0.15, 0.2) is 24.3 Å². The number of benzene rings is 1. The standard InChI is InChI=1S/C13H16N2O4S/c1-10(13(16)17)5-6-15-20(18,19)9-12-4-2-3-11(7-12)8-14/h2-4,7,10,15H,5-6,9H2,1H3,(H,16,17). The van der Waals surface area contributed by atoms with Crippen molar-refractivity contribution in [1.29, 1.82) is 5.26 Å². The maximum absolute atomic E-state index is 11.8. The highest BCUT2D eigenvalue weighted by atomic mass is 32.2. The first-order valence-electron chi connectivity index (χ1n) is 6.03. The van der Waals surface area contributed by atoms with Gasteiger partial charge in [0.2, 0.25) is 10.0 Å². The number of carbonyl (C=O) groups is 1. The molecule has 0 bridgehead atoms. The Bertz CT molecular complexity index is 620. The molecule has 0 amide bonds. The summed E-state index contributed by atoms with van der Waals surface area (Å²) < 4.78 is 26.0. The van der Waals surface area contributed by atoms with Crippen molar-refractivity contribution >= 4 is 16.0 Å². The molecule has 0 aliphatic heterocycles. The summed E-state index contributed by atoms with van der Waals surface area (Å²) >= 11 is 0. The number of nitrogens with zero attached hydrogens (tertiary/aromatic N) is 1. The quantitative estimate of drug-likeness (QED) is 0.783. The molecule has 0 aliphatic carbocycles. The van der Waals surface area contributed by atoms with Gasteiger partial charge in [0.15, 0.2) is 0 Å². The van der Waals surface area contributed by atoms with Crippen LogP contribution in [0.5, 0.6) is 0 Å². The zero-order chi connectivity index (χ0) is 15.2. The van der Waals surface area contributed by atoms with Crippen molar-refractivity contribution in [2.24, 2.45) is 5.92 Å². The molecule has 2 N–H and O–H groups in total. The van der Waals surface area contributed by atoms with E-state index in [-0.39, 0.29) is 18.7 Å². The summed E-state index contributed by atoms with van der Waals surface area (Å²) in [6.45, 7) is 1.60. The lowest BCUT2D eigenvalue weighted by atomic mass is 10.1. The van der Waals surface area contributed by atoms with Crippen LogP contribution in [0.4, 0.5) is 0 Å². The molecule has 1 rings (SSSR count). The highest BCUT2D eigenvalue weighted by Gasteiger charge is 2.14. The van der Waals surface area contributed by atoms with E-state index < -0.39 is 21.9 Å². The molecule has 20 heavy (non-hydrogen) atoms. The van der Waals surface area contributed by atoms with Gasteiger partial charge >= 0.3 is 5.97 Å². The maximum atomic E-state index is 11.8. The molecule has 0 spiro atoms. The lowest BCUT2D eigenvalue weighted by Crippen LogP contribution is -2.28. The summed E-state index contributed by atoms with van der Waals surface area (Å²) in [5.41, 5.74) is 0.917. The largest absolute Gasteiger partial charge is 0.481 e. The lowest BCUT2D eigenvalue weighted by molar-refractivity contribution is -0.141. The molecule has 1 aromatic rings. The van der Waals surface area contributed by atoms with Gasteiger partial charge in [0.1, 0.15) is 0 Å². The number of carboxylic acids is 1. The zero-order valence-corrected chi connectivity index (χ0v) is 11.9. The van der Waals surface area contributed by atoms with E-state index in [0.29, 0.717) is 11.1 Å². The molecule has 0 saturated heterocycles. The summed E-state index contributed by atoms with van der Waals surface area (Å²) in [5, 5.41) is 17.4. The van der Waals surface area contributed by atoms with E-state index in [2.05, 4.69) is 4.72 Å². The molecule has 0 aromatic heterocycles. The monoisotopic (exact) mass is 296 g/mol. The van der Waals surface area contributed by atoms with E-state index in [4.69, 9.17) is 10.4 Å². The number of hydrogen-bond donors (Lipinski definition) is 2. The van der Waals surface area contributed by atoms with Crippen molar-refractivity contribution in [3.63, 3.8) is 0 Å². The number of nitriles is 1. The Hall–Kier alpha value is -1.91. The van der Waals surface area contributed by atoms with E-state index >= 15 is 0 Å². The zero-order valence-electron chi connectivity index (χ0n) is 11.0. The van der Waals surface area contributed by atoms with Crippen LogP contribution >= 0.6 is 0 Å². The fraction of sp³-hybridized carbons (Fsp3) is 0.385. The highest BCUT2D eigenvalue weighted by Crippen LogP contribution is 2.08. The van der Waals surface area contributed by atoms with E-state index in [1.165, 1.54) is 13.0 Å². The smallest absolute Gasteiger partial charge is 0.306 e. The van der Waals surface area contributed by atoms with Gasteiger partial charge in [0, 0.05) is 6.54 Å². The Morgan fingerprint density at radius 2 is 2.20 bits per heavy atom. The first-order valence-corrected chi connectivity index (χ1v) is 7.68. The van der Waals surface area contributed by atoms with E-state index in [9.17, 15) is 13.2 Å². The molecule has 0 aliphatic rings. The Kier molecular flexibility index (Phi) is 5.67. The van der Waals surface area contributed by atoms with Crippen LogP contribution in [-0.2, 0) is 20.6 Å². The number of rotatable bonds is 7. The minimum atomic E-state index is -3.53. The van der Waals surface area contributed by atoms with Crippen molar-refractivity contribution in [3.8, 4) is 6.07 Å². The first kappa shape index (κ1) is 16.1. The van der Waals surface area contributed by atoms with Crippen molar-refractivity contribution in [2.45, 2.75) is 19.1 Å². The van der Waals surface area contributed by atoms with Crippen molar-refractivity contribution in [2.75, 3.05) is 6.54 Å². The molecular formula is C13H16N2O4S. The third kappa shape index (κ3) is 5.38. The van der Waals surface area contributed by atoms with Crippen LogP contribution in [0.1, 0.15) is 24.5 Å². The maximum Gasteiger partial charge on any atom is 0.306 e. The number of hydrogen-bond acceptors (Lipinski definition) is 4. The molecule has 0 fully saturated rings. The lowest BCUT2D eigenvalue weighted by Gasteiger charge is -2.09. The van der Waals surface area contributed by atoms with Gasteiger partial charge in [-0.1, -0.05) is 19.1 Å². The van der Waals surface area contributed by atoms with Crippen LogP contribution in [0.2, 0.25) is 0 Å². The van der Waals surface area contributed by atoms with Gasteiger partial charge < -0.3 is 5.11 Å². The van der Waals surface area contributed by atoms with Crippen LogP contribution < -0.4 is 4.72 Å². The van der Waals surface area contributed by atoms with Crippen LogP contribution in [0.25, 0.3) is 0 Å². The normalized spacial score (nSPS) is 12.6. The van der Waals surface area contributed by atoms with Gasteiger partial charge in [-0.3, -0.25) is 4.79 Å². The SMILES string of the molecule is CC(CCNS(=O)(=O)Cc1cccc(C#N)c1)C(=O)O. The Labute approximate surface area is 118 Å². The number of sulfonamides is 1. The van der Waals surface area contributed by atoms with Crippen LogP contribution in [0.3, 0.4) is 0 Å². The van der Waals surface area contributed by atoms with Crippen molar-refractivity contribution in [3.05, 3.63) is 35.4 Å². The van der Waals surface area contributed by atoms with Crippen LogP contribution in [0, 0.1) is 17.2 Å².